The lowest BCUT2D eigenvalue weighted by atomic mass is 10.0. The third-order valence-corrected chi connectivity index (χ3v) is 4.48. The summed E-state index contributed by atoms with van der Waals surface area (Å²) in [5.74, 6) is -1.09. The van der Waals surface area contributed by atoms with Crippen LogP contribution in [0.2, 0.25) is 5.02 Å². The van der Waals surface area contributed by atoms with E-state index in [1.54, 1.807) is 42.5 Å². The first-order valence-electron chi connectivity index (χ1n) is 8.30. The molecule has 0 spiro atoms. The fraction of sp³-hybridized carbons (Fsp3) is 0.200. The van der Waals surface area contributed by atoms with Gasteiger partial charge in [0.25, 0.3) is 5.56 Å². The molecule has 3 rings (SSSR count). The van der Waals surface area contributed by atoms with Crippen molar-refractivity contribution in [3.8, 4) is 5.69 Å². The van der Waals surface area contributed by atoms with Crippen LogP contribution in [0.3, 0.4) is 0 Å². The number of fused-ring (bicyclic) bond motifs is 1. The summed E-state index contributed by atoms with van der Waals surface area (Å²) >= 11 is 6.26. The number of carboxylic acids is 1. The molecular weight excluding hydrogens is 352 g/mol. The molecule has 0 saturated heterocycles. The van der Waals surface area contributed by atoms with Gasteiger partial charge in [0.05, 0.1) is 21.7 Å². The molecule has 0 amide bonds. The van der Waals surface area contributed by atoms with E-state index in [0.29, 0.717) is 16.8 Å². The predicted molar refractivity (Wildman–Crippen MR) is 103 cm³/mol. The van der Waals surface area contributed by atoms with Crippen LogP contribution >= 0.6 is 11.6 Å². The summed E-state index contributed by atoms with van der Waals surface area (Å²) in [6, 6.07) is 14.0. The summed E-state index contributed by atoms with van der Waals surface area (Å²) in [5.41, 5.74) is 0.751. The van der Waals surface area contributed by atoms with Gasteiger partial charge in [-0.25, -0.2) is 4.79 Å². The van der Waals surface area contributed by atoms with E-state index in [9.17, 15) is 14.7 Å². The van der Waals surface area contributed by atoms with E-state index in [0.717, 1.165) is 0 Å². The number of nitrogens with one attached hydrogen (secondary N) is 1. The van der Waals surface area contributed by atoms with Gasteiger partial charge in [-0.2, -0.15) is 0 Å². The van der Waals surface area contributed by atoms with Crippen molar-refractivity contribution in [2.45, 2.75) is 26.4 Å². The Morgan fingerprint density at radius 1 is 1.15 bits per heavy atom. The number of nitrogens with zero attached hydrogens (tertiary/aromatic N) is 1. The lowest BCUT2D eigenvalue weighted by molar-refractivity contribution is 0.0696. The summed E-state index contributed by atoms with van der Waals surface area (Å²) in [5, 5.41) is 13.9. The average Bonchev–Trinajstić information content (AvgIpc) is 2.60. The maximum absolute atomic E-state index is 13.2. The smallest absolute Gasteiger partial charge is 0.338 e. The molecule has 134 valence electrons. The molecule has 6 heteroatoms. The van der Waals surface area contributed by atoms with Crippen LogP contribution in [0.1, 0.15) is 29.9 Å². The van der Waals surface area contributed by atoms with Gasteiger partial charge in [-0.15, -0.1) is 0 Å². The van der Waals surface area contributed by atoms with Gasteiger partial charge in [0.2, 0.25) is 0 Å². The summed E-state index contributed by atoms with van der Waals surface area (Å²) in [7, 11) is 0. The van der Waals surface area contributed by atoms with E-state index >= 15 is 0 Å². The van der Waals surface area contributed by atoms with Crippen LogP contribution in [0, 0.1) is 0 Å². The topological polar surface area (TPSA) is 71.3 Å². The van der Waals surface area contributed by atoms with E-state index in [2.05, 4.69) is 5.32 Å². The Kier molecular flexibility index (Phi) is 5.11. The van der Waals surface area contributed by atoms with Gasteiger partial charge >= 0.3 is 5.97 Å². The highest BCUT2D eigenvalue weighted by Crippen LogP contribution is 2.27. The Morgan fingerprint density at radius 3 is 2.46 bits per heavy atom. The number of aromatic carboxylic acids is 1. The zero-order valence-electron chi connectivity index (χ0n) is 14.5. The minimum atomic E-state index is -1.09. The lowest BCUT2D eigenvalue weighted by Gasteiger charge is -2.20. The molecule has 0 fully saturated rings. The van der Waals surface area contributed by atoms with Gasteiger partial charge in [0, 0.05) is 23.7 Å². The molecule has 26 heavy (non-hydrogen) atoms. The zero-order chi connectivity index (χ0) is 18.8. The van der Waals surface area contributed by atoms with Crippen LogP contribution < -0.4 is 10.9 Å². The predicted octanol–water partition coefficient (Wildman–Crippen LogP) is 3.84. The summed E-state index contributed by atoms with van der Waals surface area (Å²) in [6.07, 6.45) is 0. The van der Waals surface area contributed by atoms with Crippen molar-refractivity contribution in [1.82, 2.24) is 9.88 Å². The van der Waals surface area contributed by atoms with E-state index in [-0.39, 0.29) is 34.1 Å². The maximum atomic E-state index is 13.2. The van der Waals surface area contributed by atoms with Gasteiger partial charge in [0.1, 0.15) is 0 Å². The van der Waals surface area contributed by atoms with Crippen molar-refractivity contribution in [3.05, 3.63) is 75.2 Å². The van der Waals surface area contributed by atoms with E-state index < -0.39 is 5.97 Å². The molecule has 0 aliphatic rings. The molecule has 1 aromatic heterocycles. The number of aromatic nitrogens is 1. The minimum Gasteiger partial charge on any atom is -0.478 e. The van der Waals surface area contributed by atoms with E-state index in [1.165, 1.54) is 4.57 Å². The molecule has 0 bridgehead atoms. The molecule has 0 unspecified atom stereocenters. The fourth-order valence-corrected chi connectivity index (χ4v) is 3.26. The highest BCUT2D eigenvalue weighted by atomic mass is 35.5. The SMILES string of the molecule is CC(C)NCc1c(C(=O)O)c2cccc(Cl)c2c(=O)n1-c1ccccc1. The van der Waals surface area contributed by atoms with Crippen LogP contribution in [0.5, 0.6) is 0 Å². The Labute approximate surface area is 155 Å². The summed E-state index contributed by atoms with van der Waals surface area (Å²) in [4.78, 5) is 25.3. The molecule has 0 radical (unpaired) electrons. The fourth-order valence-electron chi connectivity index (χ4n) is 3.01. The molecule has 0 aliphatic heterocycles. The monoisotopic (exact) mass is 370 g/mol. The first-order valence-corrected chi connectivity index (χ1v) is 8.67. The standard InChI is InChI=1S/C20H19ClN2O3/c1-12(2)22-11-16-18(20(25)26)14-9-6-10-15(21)17(14)19(24)23(16)13-7-4-3-5-8-13/h3-10,12,22H,11H2,1-2H3,(H,25,26). The van der Waals surface area contributed by atoms with Crippen molar-refractivity contribution in [1.29, 1.82) is 0 Å². The van der Waals surface area contributed by atoms with Crippen LogP contribution in [-0.2, 0) is 6.54 Å². The number of rotatable bonds is 5. The number of carboxylic acid groups (broad SMARTS) is 1. The second-order valence-corrected chi connectivity index (χ2v) is 6.71. The van der Waals surface area contributed by atoms with E-state index in [4.69, 9.17) is 11.6 Å². The number of halogens is 1. The Bertz CT molecular complexity index is 1030. The van der Waals surface area contributed by atoms with Gasteiger partial charge in [-0.1, -0.05) is 55.8 Å². The number of para-hydroxylation sites is 1. The quantitative estimate of drug-likeness (QED) is 0.715. The van der Waals surface area contributed by atoms with Crippen molar-refractivity contribution < 1.29 is 9.90 Å². The minimum absolute atomic E-state index is 0.0825. The first-order chi connectivity index (χ1) is 12.4. The van der Waals surface area contributed by atoms with Gasteiger partial charge in [-0.05, 0) is 18.2 Å². The van der Waals surface area contributed by atoms with Crippen molar-refractivity contribution in [2.75, 3.05) is 0 Å². The number of benzene rings is 2. The highest BCUT2D eigenvalue weighted by Gasteiger charge is 2.23. The van der Waals surface area contributed by atoms with Gasteiger partial charge in [-0.3, -0.25) is 9.36 Å². The Balaban J connectivity index is 2.48. The highest BCUT2D eigenvalue weighted by molar-refractivity contribution is 6.35. The second-order valence-electron chi connectivity index (χ2n) is 6.30. The third-order valence-electron chi connectivity index (χ3n) is 4.16. The number of hydrogen-bond acceptors (Lipinski definition) is 3. The molecule has 3 aromatic rings. The molecule has 1 heterocycles. The van der Waals surface area contributed by atoms with Gasteiger partial charge in [0.15, 0.2) is 0 Å². The van der Waals surface area contributed by atoms with E-state index in [1.807, 2.05) is 19.9 Å². The zero-order valence-corrected chi connectivity index (χ0v) is 15.2. The van der Waals surface area contributed by atoms with Crippen LogP contribution in [0.25, 0.3) is 16.5 Å². The Hall–Kier alpha value is -2.63. The average molecular weight is 371 g/mol. The molecule has 2 aromatic carbocycles. The van der Waals surface area contributed by atoms with Crippen molar-refractivity contribution >= 4 is 28.3 Å². The number of carbonyl (C=O) groups is 1. The first kappa shape index (κ1) is 18.2. The maximum Gasteiger partial charge on any atom is 0.338 e. The molecule has 0 saturated carbocycles. The van der Waals surface area contributed by atoms with Crippen LogP contribution in [0.4, 0.5) is 0 Å². The lowest BCUT2D eigenvalue weighted by Crippen LogP contribution is -2.31. The van der Waals surface area contributed by atoms with Crippen LogP contribution in [0.15, 0.2) is 53.3 Å². The largest absolute Gasteiger partial charge is 0.478 e. The third kappa shape index (κ3) is 3.23. The normalized spacial score (nSPS) is 11.2. The van der Waals surface area contributed by atoms with Crippen molar-refractivity contribution in [2.24, 2.45) is 0 Å². The molecule has 0 atom stereocenters. The molecule has 5 nitrogen and oxygen atoms in total. The second kappa shape index (κ2) is 7.32. The Morgan fingerprint density at radius 2 is 1.85 bits per heavy atom. The number of pyridine rings is 1. The summed E-state index contributed by atoms with van der Waals surface area (Å²) < 4.78 is 1.44. The van der Waals surface area contributed by atoms with Crippen molar-refractivity contribution in [3.63, 3.8) is 0 Å². The summed E-state index contributed by atoms with van der Waals surface area (Å²) in [6.45, 7) is 4.17. The van der Waals surface area contributed by atoms with Gasteiger partial charge < -0.3 is 10.4 Å². The van der Waals surface area contributed by atoms with Crippen LogP contribution in [-0.4, -0.2) is 21.7 Å². The molecule has 2 N–H and O–H groups in total. The molecule has 0 aliphatic carbocycles. The number of hydrogen-bond donors (Lipinski definition) is 2. The molecular formula is C20H19ClN2O3.